The summed E-state index contributed by atoms with van der Waals surface area (Å²) in [6, 6.07) is 5.45. The molecule has 0 saturated carbocycles. The van der Waals surface area contributed by atoms with Crippen LogP contribution in [0.5, 0.6) is 0 Å². The third-order valence-electron chi connectivity index (χ3n) is 3.37. The van der Waals surface area contributed by atoms with Crippen molar-refractivity contribution in [3.8, 4) is 11.4 Å². The standard InChI is InChI=1S/C13H18ClN5/c1-3-9(4-2)8-19-13(16-17-18-19)10-5-6-11(14)12(15)7-10/h5-7,9H,3-4,8,15H2,1-2H3. The molecule has 1 aromatic carbocycles. The van der Waals surface area contributed by atoms with Crippen LogP contribution < -0.4 is 5.73 Å². The van der Waals surface area contributed by atoms with E-state index in [0.29, 0.717) is 16.6 Å². The van der Waals surface area contributed by atoms with Crippen molar-refractivity contribution in [2.24, 2.45) is 5.92 Å². The minimum absolute atomic E-state index is 0.538. The molecule has 2 N–H and O–H groups in total. The van der Waals surface area contributed by atoms with Gasteiger partial charge < -0.3 is 5.73 Å². The Balaban J connectivity index is 2.30. The van der Waals surface area contributed by atoms with Crippen LogP contribution in [0.3, 0.4) is 0 Å². The molecule has 6 heteroatoms. The van der Waals surface area contributed by atoms with Gasteiger partial charge in [-0.25, -0.2) is 4.68 Å². The summed E-state index contributed by atoms with van der Waals surface area (Å²) in [5, 5.41) is 12.4. The average Bonchev–Trinajstić information content (AvgIpc) is 2.87. The number of nitrogens with zero attached hydrogens (tertiary/aromatic N) is 4. The van der Waals surface area contributed by atoms with Crippen LogP contribution >= 0.6 is 11.6 Å². The van der Waals surface area contributed by atoms with Crippen molar-refractivity contribution in [3.05, 3.63) is 23.2 Å². The van der Waals surface area contributed by atoms with E-state index in [0.717, 1.165) is 30.8 Å². The van der Waals surface area contributed by atoms with Gasteiger partial charge in [-0.15, -0.1) is 5.10 Å². The summed E-state index contributed by atoms with van der Waals surface area (Å²) in [5.41, 5.74) is 7.25. The van der Waals surface area contributed by atoms with E-state index in [1.54, 1.807) is 12.1 Å². The predicted octanol–water partition coefficient (Wildman–Crippen LogP) is 3.01. The second kappa shape index (κ2) is 6.02. The van der Waals surface area contributed by atoms with Crippen LogP contribution in [0, 0.1) is 5.92 Å². The number of nitrogens with two attached hydrogens (primary N) is 1. The van der Waals surface area contributed by atoms with Crippen LogP contribution in [0.1, 0.15) is 26.7 Å². The first-order valence-electron chi connectivity index (χ1n) is 6.47. The van der Waals surface area contributed by atoms with Crippen LogP contribution in [-0.2, 0) is 6.54 Å². The van der Waals surface area contributed by atoms with Crippen molar-refractivity contribution in [3.63, 3.8) is 0 Å². The van der Waals surface area contributed by atoms with Gasteiger partial charge >= 0.3 is 0 Å². The fourth-order valence-corrected chi connectivity index (χ4v) is 2.13. The molecule has 1 aromatic heterocycles. The normalized spacial score (nSPS) is 11.2. The highest BCUT2D eigenvalue weighted by atomic mass is 35.5. The van der Waals surface area contributed by atoms with Crippen molar-refractivity contribution >= 4 is 17.3 Å². The quantitative estimate of drug-likeness (QED) is 0.854. The van der Waals surface area contributed by atoms with Gasteiger partial charge in [0.15, 0.2) is 5.82 Å². The summed E-state index contributed by atoms with van der Waals surface area (Å²) in [4.78, 5) is 0. The molecule has 5 nitrogen and oxygen atoms in total. The molecule has 102 valence electrons. The van der Waals surface area contributed by atoms with E-state index in [1.165, 1.54) is 0 Å². The molecule has 0 saturated heterocycles. The number of hydrogen-bond acceptors (Lipinski definition) is 4. The molecular weight excluding hydrogens is 262 g/mol. The smallest absolute Gasteiger partial charge is 0.182 e. The van der Waals surface area contributed by atoms with Crippen molar-refractivity contribution in [2.45, 2.75) is 33.2 Å². The fourth-order valence-electron chi connectivity index (χ4n) is 2.01. The predicted molar refractivity (Wildman–Crippen MR) is 76.7 cm³/mol. The van der Waals surface area contributed by atoms with Crippen LogP contribution in [-0.4, -0.2) is 20.2 Å². The molecule has 0 atom stereocenters. The maximum Gasteiger partial charge on any atom is 0.182 e. The molecule has 0 aliphatic heterocycles. The molecule has 2 rings (SSSR count). The Morgan fingerprint density at radius 1 is 1.32 bits per heavy atom. The summed E-state index contributed by atoms with van der Waals surface area (Å²) < 4.78 is 1.83. The first-order valence-corrected chi connectivity index (χ1v) is 6.85. The maximum absolute atomic E-state index is 5.93. The molecular formula is C13H18ClN5. The molecule has 0 fully saturated rings. The number of hydrogen-bond donors (Lipinski definition) is 1. The highest BCUT2D eigenvalue weighted by Crippen LogP contribution is 2.25. The number of benzene rings is 1. The zero-order chi connectivity index (χ0) is 13.8. The molecule has 1 heterocycles. The third kappa shape index (κ3) is 3.04. The Hall–Kier alpha value is -1.62. The van der Waals surface area contributed by atoms with Gasteiger partial charge in [0.25, 0.3) is 0 Å². The number of anilines is 1. The number of tetrazole rings is 1. The molecule has 0 unspecified atom stereocenters. The van der Waals surface area contributed by atoms with E-state index in [-0.39, 0.29) is 0 Å². The lowest BCUT2D eigenvalue weighted by atomic mass is 10.0. The van der Waals surface area contributed by atoms with E-state index in [9.17, 15) is 0 Å². The zero-order valence-electron chi connectivity index (χ0n) is 11.2. The Morgan fingerprint density at radius 3 is 2.68 bits per heavy atom. The van der Waals surface area contributed by atoms with Gasteiger partial charge in [-0.2, -0.15) is 0 Å². The molecule has 0 bridgehead atoms. The van der Waals surface area contributed by atoms with Gasteiger partial charge in [0.1, 0.15) is 0 Å². The van der Waals surface area contributed by atoms with Crippen molar-refractivity contribution in [1.82, 2.24) is 20.2 Å². The number of halogens is 1. The molecule has 0 aliphatic carbocycles. The minimum atomic E-state index is 0.538. The summed E-state index contributed by atoms with van der Waals surface area (Å²) in [6.45, 7) is 5.18. The summed E-state index contributed by atoms with van der Waals surface area (Å²) in [5.74, 6) is 1.31. The summed E-state index contributed by atoms with van der Waals surface area (Å²) >= 11 is 5.93. The first kappa shape index (κ1) is 13.8. The monoisotopic (exact) mass is 279 g/mol. The largest absolute Gasteiger partial charge is 0.398 e. The Bertz CT molecular complexity index is 548. The van der Waals surface area contributed by atoms with Crippen molar-refractivity contribution in [2.75, 3.05) is 5.73 Å². The van der Waals surface area contributed by atoms with Crippen LogP contribution in [0.4, 0.5) is 5.69 Å². The highest BCUT2D eigenvalue weighted by molar-refractivity contribution is 6.33. The van der Waals surface area contributed by atoms with Crippen LogP contribution in [0.2, 0.25) is 5.02 Å². The van der Waals surface area contributed by atoms with Gasteiger partial charge in [0, 0.05) is 12.1 Å². The minimum Gasteiger partial charge on any atom is -0.398 e. The van der Waals surface area contributed by atoms with Gasteiger partial charge in [0.05, 0.1) is 10.7 Å². The van der Waals surface area contributed by atoms with E-state index in [1.807, 2.05) is 10.7 Å². The fraction of sp³-hybridized carbons (Fsp3) is 0.462. The first-order chi connectivity index (χ1) is 9.15. The van der Waals surface area contributed by atoms with Crippen LogP contribution in [0.25, 0.3) is 11.4 Å². The second-order valence-corrected chi connectivity index (χ2v) is 5.01. The number of aromatic nitrogens is 4. The molecule has 0 aliphatic rings. The third-order valence-corrected chi connectivity index (χ3v) is 3.72. The summed E-state index contributed by atoms with van der Waals surface area (Å²) in [7, 11) is 0. The lowest BCUT2D eigenvalue weighted by Crippen LogP contribution is -2.12. The van der Waals surface area contributed by atoms with Gasteiger partial charge in [-0.3, -0.25) is 0 Å². The lowest BCUT2D eigenvalue weighted by molar-refractivity contribution is 0.392. The average molecular weight is 280 g/mol. The number of rotatable bonds is 5. The second-order valence-electron chi connectivity index (χ2n) is 4.60. The molecule has 19 heavy (non-hydrogen) atoms. The molecule has 2 aromatic rings. The molecule has 0 spiro atoms. The van der Waals surface area contributed by atoms with Gasteiger partial charge in [0.2, 0.25) is 0 Å². The Kier molecular flexibility index (Phi) is 4.37. The molecule has 0 amide bonds. The van der Waals surface area contributed by atoms with E-state index >= 15 is 0 Å². The Morgan fingerprint density at radius 2 is 2.05 bits per heavy atom. The van der Waals surface area contributed by atoms with Gasteiger partial charge in [-0.1, -0.05) is 38.3 Å². The molecule has 0 radical (unpaired) electrons. The topological polar surface area (TPSA) is 69.6 Å². The SMILES string of the molecule is CCC(CC)Cn1nnnc1-c1ccc(Cl)c(N)c1. The Labute approximate surface area is 117 Å². The summed E-state index contributed by atoms with van der Waals surface area (Å²) in [6.07, 6.45) is 2.22. The van der Waals surface area contributed by atoms with Crippen molar-refractivity contribution in [1.29, 1.82) is 0 Å². The lowest BCUT2D eigenvalue weighted by Gasteiger charge is -2.13. The highest BCUT2D eigenvalue weighted by Gasteiger charge is 2.13. The maximum atomic E-state index is 5.93. The van der Waals surface area contributed by atoms with E-state index in [4.69, 9.17) is 17.3 Å². The van der Waals surface area contributed by atoms with Crippen LogP contribution in [0.15, 0.2) is 18.2 Å². The van der Waals surface area contributed by atoms with Gasteiger partial charge in [-0.05, 0) is 34.5 Å². The van der Waals surface area contributed by atoms with Crippen molar-refractivity contribution < 1.29 is 0 Å². The number of nitrogen functional groups attached to an aromatic ring is 1. The zero-order valence-corrected chi connectivity index (χ0v) is 11.9. The van der Waals surface area contributed by atoms with E-state index < -0.39 is 0 Å². The van der Waals surface area contributed by atoms with E-state index in [2.05, 4.69) is 29.4 Å².